The summed E-state index contributed by atoms with van der Waals surface area (Å²) in [4.78, 5) is 12.6. The number of ether oxygens (including phenoxy) is 2. The first-order valence-corrected chi connectivity index (χ1v) is 10.5. The first-order valence-electron chi connectivity index (χ1n) is 10.5. The van der Waals surface area contributed by atoms with Crippen LogP contribution in [0.15, 0.2) is 12.3 Å². The molecule has 2 heterocycles. The Balaban J connectivity index is 2.32. The molecule has 0 aromatic carbocycles. The Bertz CT molecular complexity index is 619. The Morgan fingerprint density at radius 2 is 2.21 bits per heavy atom. The molecule has 1 aromatic heterocycles. The van der Waals surface area contributed by atoms with Crippen LogP contribution in [0.2, 0.25) is 0 Å². The predicted octanol–water partition coefficient (Wildman–Crippen LogP) is 3.28. The monoisotopic (exact) mass is 395 g/mol. The second-order valence-electron chi connectivity index (χ2n) is 8.76. The standard InChI is InChI=1S/C21H37N3O4/c1-6-9-16(22-5)14-21(26,15-19(25)28-20(2,3)4)17-11-12-23-24(17)18-10-7-8-13-27-18/h11-12,16,18,22,26H,6-10,13-15H2,1-5H3/t16?,18?,21-/m0/s1. The highest BCUT2D eigenvalue weighted by Crippen LogP contribution is 2.35. The van der Waals surface area contributed by atoms with Crippen molar-refractivity contribution < 1.29 is 19.4 Å². The molecule has 1 saturated heterocycles. The van der Waals surface area contributed by atoms with Crippen LogP contribution in [0.4, 0.5) is 0 Å². The zero-order valence-electron chi connectivity index (χ0n) is 18.0. The second kappa shape index (κ2) is 9.85. The Morgan fingerprint density at radius 1 is 1.46 bits per heavy atom. The summed E-state index contributed by atoms with van der Waals surface area (Å²) in [5, 5.41) is 19.4. The molecular weight excluding hydrogens is 358 g/mol. The van der Waals surface area contributed by atoms with Gasteiger partial charge in [-0.3, -0.25) is 4.79 Å². The normalized spacial score (nSPS) is 21.1. The van der Waals surface area contributed by atoms with E-state index in [0.717, 1.165) is 32.1 Å². The SMILES string of the molecule is CCCC(C[C@](O)(CC(=O)OC(C)(C)C)c1ccnn1C1CCCCO1)NC. The molecule has 1 aromatic rings. The summed E-state index contributed by atoms with van der Waals surface area (Å²) in [6, 6.07) is 1.87. The zero-order valence-corrected chi connectivity index (χ0v) is 18.0. The van der Waals surface area contributed by atoms with Crippen molar-refractivity contribution in [1.82, 2.24) is 15.1 Å². The van der Waals surface area contributed by atoms with Gasteiger partial charge < -0.3 is 19.9 Å². The lowest BCUT2D eigenvalue weighted by Crippen LogP contribution is -2.41. The summed E-state index contributed by atoms with van der Waals surface area (Å²) < 4.78 is 13.1. The lowest BCUT2D eigenvalue weighted by atomic mass is 9.86. The maximum atomic E-state index is 12.6. The molecule has 1 aliphatic rings. The van der Waals surface area contributed by atoms with Crippen LogP contribution in [0.1, 0.15) is 84.6 Å². The van der Waals surface area contributed by atoms with Crippen molar-refractivity contribution in [1.29, 1.82) is 0 Å². The summed E-state index contributed by atoms with van der Waals surface area (Å²) in [5.74, 6) is -0.418. The van der Waals surface area contributed by atoms with Crippen molar-refractivity contribution >= 4 is 5.97 Å². The van der Waals surface area contributed by atoms with Gasteiger partial charge in [0.1, 0.15) is 11.2 Å². The number of carbonyl (C=O) groups excluding carboxylic acids is 1. The van der Waals surface area contributed by atoms with Gasteiger partial charge in [-0.1, -0.05) is 13.3 Å². The largest absolute Gasteiger partial charge is 0.460 e. The van der Waals surface area contributed by atoms with E-state index < -0.39 is 17.2 Å². The molecule has 0 bridgehead atoms. The average molecular weight is 396 g/mol. The van der Waals surface area contributed by atoms with E-state index in [2.05, 4.69) is 17.3 Å². The van der Waals surface area contributed by atoms with Crippen LogP contribution < -0.4 is 5.32 Å². The van der Waals surface area contributed by atoms with Crippen molar-refractivity contribution in [3.05, 3.63) is 18.0 Å². The molecular formula is C21H37N3O4. The molecule has 2 rings (SSSR count). The third kappa shape index (κ3) is 6.29. The molecule has 0 saturated carbocycles. The summed E-state index contributed by atoms with van der Waals surface area (Å²) in [7, 11) is 1.88. The van der Waals surface area contributed by atoms with E-state index in [1.807, 2.05) is 27.8 Å². The molecule has 7 nitrogen and oxygen atoms in total. The van der Waals surface area contributed by atoms with Crippen molar-refractivity contribution in [2.75, 3.05) is 13.7 Å². The minimum Gasteiger partial charge on any atom is -0.460 e. The van der Waals surface area contributed by atoms with E-state index in [9.17, 15) is 9.90 Å². The van der Waals surface area contributed by atoms with Crippen LogP contribution in [0.3, 0.4) is 0 Å². The van der Waals surface area contributed by atoms with Gasteiger partial charge in [-0.25, -0.2) is 4.68 Å². The van der Waals surface area contributed by atoms with Crippen molar-refractivity contribution in [3.63, 3.8) is 0 Å². The van der Waals surface area contributed by atoms with Crippen molar-refractivity contribution in [3.8, 4) is 0 Å². The molecule has 0 spiro atoms. The molecule has 1 aliphatic heterocycles. The molecule has 2 N–H and O–H groups in total. The van der Waals surface area contributed by atoms with Gasteiger partial charge in [0.25, 0.3) is 0 Å². The molecule has 0 amide bonds. The number of hydrogen-bond acceptors (Lipinski definition) is 6. The van der Waals surface area contributed by atoms with Crippen molar-refractivity contribution in [2.45, 2.75) is 96.1 Å². The van der Waals surface area contributed by atoms with Gasteiger partial charge in [-0.15, -0.1) is 0 Å². The highest BCUT2D eigenvalue weighted by molar-refractivity contribution is 5.71. The Kier molecular flexibility index (Phi) is 8.04. The molecule has 2 unspecified atom stereocenters. The first-order chi connectivity index (χ1) is 13.2. The topological polar surface area (TPSA) is 85.6 Å². The van der Waals surface area contributed by atoms with E-state index in [1.165, 1.54) is 0 Å². The van der Waals surface area contributed by atoms with E-state index >= 15 is 0 Å². The average Bonchev–Trinajstić information content (AvgIpc) is 3.11. The minimum absolute atomic E-state index is 0.0769. The lowest BCUT2D eigenvalue weighted by molar-refractivity contribution is -0.162. The molecule has 0 aliphatic carbocycles. The fourth-order valence-electron chi connectivity index (χ4n) is 3.82. The van der Waals surface area contributed by atoms with Crippen LogP contribution in [-0.2, 0) is 19.9 Å². The fourth-order valence-corrected chi connectivity index (χ4v) is 3.82. The number of esters is 1. The highest BCUT2D eigenvalue weighted by atomic mass is 16.6. The molecule has 0 radical (unpaired) electrons. The zero-order chi connectivity index (χ0) is 20.8. The summed E-state index contributed by atoms with van der Waals surface area (Å²) in [5.41, 5.74) is -1.37. The number of hydrogen-bond donors (Lipinski definition) is 2. The van der Waals surface area contributed by atoms with Crippen molar-refractivity contribution in [2.24, 2.45) is 0 Å². The summed E-state index contributed by atoms with van der Waals surface area (Å²) in [6.07, 6.45) is 6.57. The fraction of sp³-hybridized carbons (Fsp3) is 0.810. The van der Waals surface area contributed by atoms with Gasteiger partial charge in [0.05, 0.1) is 12.1 Å². The first kappa shape index (κ1) is 22.8. The van der Waals surface area contributed by atoms with Gasteiger partial charge in [-0.2, -0.15) is 5.10 Å². The van der Waals surface area contributed by atoms with Crippen LogP contribution >= 0.6 is 0 Å². The van der Waals surface area contributed by atoms with E-state index in [1.54, 1.807) is 16.9 Å². The Morgan fingerprint density at radius 3 is 2.79 bits per heavy atom. The van der Waals surface area contributed by atoms with Crippen LogP contribution in [0, 0.1) is 0 Å². The number of rotatable bonds is 9. The number of nitrogens with one attached hydrogen (secondary N) is 1. The Hall–Kier alpha value is -1.44. The third-order valence-corrected chi connectivity index (χ3v) is 5.06. The van der Waals surface area contributed by atoms with Gasteiger partial charge in [-0.05, 0) is 66.0 Å². The molecule has 160 valence electrons. The van der Waals surface area contributed by atoms with Gasteiger partial charge in [0.2, 0.25) is 0 Å². The molecule has 3 atom stereocenters. The third-order valence-electron chi connectivity index (χ3n) is 5.06. The maximum Gasteiger partial charge on any atom is 0.309 e. The van der Waals surface area contributed by atoms with E-state index in [4.69, 9.17) is 9.47 Å². The highest BCUT2D eigenvalue weighted by Gasteiger charge is 2.40. The molecule has 7 heteroatoms. The molecule has 1 fully saturated rings. The number of nitrogens with zero attached hydrogens (tertiary/aromatic N) is 2. The number of aromatic nitrogens is 2. The van der Waals surface area contributed by atoms with Crippen LogP contribution in [-0.4, -0.2) is 46.2 Å². The van der Waals surface area contributed by atoms with Crippen LogP contribution in [0.5, 0.6) is 0 Å². The van der Waals surface area contributed by atoms with Crippen LogP contribution in [0.25, 0.3) is 0 Å². The van der Waals surface area contributed by atoms with E-state index in [0.29, 0.717) is 18.7 Å². The Labute approximate surface area is 168 Å². The van der Waals surface area contributed by atoms with Gasteiger partial charge >= 0.3 is 5.97 Å². The predicted molar refractivity (Wildman–Crippen MR) is 108 cm³/mol. The summed E-state index contributed by atoms with van der Waals surface area (Å²) in [6.45, 7) is 8.29. The quantitative estimate of drug-likeness (QED) is 0.624. The van der Waals surface area contributed by atoms with Gasteiger partial charge in [0.15, 0.2) is 6.23 Å². The van der Waals surface area contributed by atoms with Gasteiger partial charge in [0, 0.05) is 18.8 Å². The smallest absolute Gasteiger partial charge is 0.309 e. The molecule has 28 heavy (non-hydrogen) atoms. The lowest BCUT2D eigenvalue weighted by Gasteiger charge is -2.35. The summed E-state index contributed by atoms with van der Waals surface area (Å²) >= 11 is 0. The minimum atomic E-state index is -1.39. The maximum absolute atomic E-state index is 12.6. The van der Waals surface area contributed by atoms with E-state index in [-0.39, 0.29) is 18.7 Å². The number of carbonyl (C=O) groups is 1. The number of aliphatic hydroxyl groups is 1. The second-order valence-corrected chi connectivity index (χ2v) is 8.76.